The number of halogens is 3. The van der Waals surface area contributed by atoms with E-state index >= 15 is 0 Å². The van der Waals surface area contributed by atoms with Gasteiger partial charge in [0.05, 0.1) is 19.6 Å². The molecular formula is C90H122Cl3N9O9S6. The summed E-state index contributed by atoms with van der Waals surface area (Å²) in [6.45, 7) is 19.5. The minimum absolute atomic E-state index is 0.214. The summed E-state index contributed by atoms with van der Waals surface area (Å²) in [4.78, 5) is 47.4. The second kappa shape index (κ2) is 49.9. The molecule has 0 spiro atoms. The number of hydrogen-bond acceptors (Lipinski definition) is 15. The fraction of sp³-hybridized carbons (Fsp3) is 0.500. The average molecular weight is 1770 g/mol. The molecule has 3 N–H and O–H groups in total. The molecule has 5 aromatic carbocycles. The highest BCUT2D eigenvalue weighted by atomic mass is 35.5. The lowest BCUT2D eigenvalue weighted by Crippen LogP contribution is -2.47. The third kappa shape index (κ3) is 30.6. The van der Waals surface area contributed by atoms with E-state index in [1.807, 2.05) is 0 Å². The van der Waals surface area contributed by atoms with E-state index in [2.05, 4.69) is 119 Å². The first-order valence-corrected chi connectivity index (χ1v) is 50.2. The van der Waals surface area contributed by atoms with Crippen molar-refractivity contribution >= 4 is 117 Å². The van der Waals surface area contributed by atoms with Crippen LogP contribution in [0.1, 0.15) is 219 Å². The predicted molar refractivity (Wildman–Crippen MR) is 483 cm³/mol. The zero-order valence-electron chi connectivity index (χ0n) is 68.7. The Morgan fingerprint density at radius 1 is 0.333 bits per heavy atom. The molecule has 18 nitrogen and oxygen atoms in total. The van der Waals surface area contributed by atoms with E-state index in [9.17, 15) is 39.6 Å². The second-order valence-corrected chi connectivity index (χ2v) is 41.9. The van der Waals surface area contributed by atoms with Gasteiger partial charge in [-0.3, -0.25) is 19.3 Å². The van der Waals surface area contributed by atoms with Gasteiger partial charge in [-0.05, 0) is 237 Å². The summed E-state index contributed by atoms with van der Waals surface area (Å²) in [5, 5.41) is 10.3. The summed E-state index contributed by atoms with van der Waals surface area (Å²) in [6, 6.07) is 52.9. The van der Waals surface area contributed by atoms with Crippen molar-refractivity contribution in [2.45, 2.75) is 226 Å². The van der Waals surface area contributed by atoms with E-state index in [1.54, 1.807) is 122 Å². The maximum atomic E-state index is 13.5. The Kier molecular flexibility index (Phi) is 40.5. The number of nitrogens with one attached hydrogen (secondary N) is 3. The topological polar surface area (TPSA) is 209 Å². The number of nitrogens with zero attached hydrogens (tertiary/aromatic N) is 6. The van der Waals surface area contributed by atoms with Crippen molar-refractivity contribution in [3.63, 3.8) is 0 Å². The molecule has 3 aliphatic heterocycles. The number of amides is 3. The van der Waals surface area contributed by atoms with Crippen molar-refractivity contribution in [3.8, 4) is 0 Å². The highest BCUT2D eigenvalue weighted by Gasteiger charge is 2.36. The minimum Gasteiger partial charge on any atom is -0.347 e. The molecule has 3 amide bonds. The van der Waals surface area contributed by atoms with Crippen LogP contribution in [0.4, 0.5) is 0 Å². The SMILES string of the molecule is CCCCCCN(CCCC)C1CCN(S(=O)(=O)c2ccc(CNC(=O)c3ccc(Cl)cc3)s2)CC1.CCCCCCN(CCCc1ccccc1)C1CCN(S(=O)(=O)c2ccc(CNC(=O)c3ccc(Cl)cc3)s2)CC1.CCCCCCN(CCc1ccccc1)C1CCN(S(=O)(=O)c2ccc(CNC(=O)c3ccc(Cl)cc3)s2)CC1. The number of sulfonamides is 3. The van der Waals surface area contributed by atoms with Gasteiger partial charge in [-0.2, -0.15) is 12.9 Å². The molecule has 117 heavy (non-hydrogen) atoms. The maximum absolute atomic E-state index is 13.5. The number of unbranched alkanes of at least 4 members (excludes halogenated alkanes) is 10. The van der Waals surface area contributed by atoms with E-state index in [-0.39, 0.29) is 37.4 Å². The fourth-order valence-corrected chi connectivity index (χ4v) is 24.3. The molecule has 8 aromatic rings. The lowest BCUT2D eigenvalue weighted by molar-refractivity contribution is 0.0943. The average Bonchev–Trinajstić information content (AvgIpc) is 1.74. The van der Waals surface area contributed by atoms with Crippen LogP contribution in [0.25, 0.3) is 0 Å². The first kappa shape index (κ1) is 94.9. The van der Waals surface area contributed by atoms with Gasteiger partial charge in [-0.25, -0.2) is 25.3 Å². The highest BCUT2D eigenvalue weighted by Crippen LogP contribution is 2.33. The quantitative estimate of drug-likeness (QED) is 0.0305. The molecule has 3 aromatic heterocycles. The van der Waals surface area contributed by atoms with Gasteiger partial charge in [0.15, 0.2) is 0 Å². The van der Waals surface area contributed by atoms with Crippen LogP contribution in [-0.2, 0) is 62.5 Å². The number of piperidine rings is 3. The lowest BCUT2D eigenvalue weighted by atomic mass is 10.0. The maximum Gasteiger partial charge on any atom is 0.252 e. The van der Waals surface area contributed by atoms with Gasteiger partial charge in [0.2, 0.25) is 0 Å². The molecule has 0 radical (unpaired) electrons. The number of benzene rings is 5. The van der Waals surface area contributed by atoms with Crippen LogP contribution >= 0.6 is 68.8 Å². The summed E-state index contributed by atoms with van der Waals surface area (Å²) in [5.41, 5.74) is 4.27. The summed E-state index contributed by atoms with van der Waals surface area (Å²) in [5.74, 6) is -0.651. The molecule has 6 heterocycles. The number of hydrogen-bond donors (Lipinski definition) is 3. The van der Waals surface area contributed by atoms with Crippen molar-refractivity contribution in [1.82, 2.24) is 43.6 Å². The van der Waals surface area contributed by atoms with Crippen LogP contribution in [0.15, 0.2) is 182 Å². The monoisotopic (exact) mass is 1770 g/mol. The predicted octanol–water partition coefficient (Wildman–Crippen LogP) is 19.8. The molecule has 638 valence electrons. The van der Waals surface area contributed by atoms with Gasteiger partial charge in [0.25, 0.3) is 47.8 Å². The standard InChI is InChI=1S/C32H42ClN3O3S2.C31H40ClN3O3S2.C27H40ClN3O3S2/c1-2-3-4-8-21-35(22-9-12-26-10-6-5-7-11-26)29-19-23-36(24-20-29)41(38,39)31-18-17-30(40-31)25-34-32(37)27-13-15-28(33)16-14-27;1-2-3-4-8-20-34(21-17-25-9-6-5-7-10-25)28-18-22-35(23-19-28)40(37,38)30-16-15-29(39-30)24-33-31(36)26-11-13-27(32)14-12-26;1-3-5-7-8-18-30(17-6-4-2)24-15-19-31(20-16-24)36(33,34)26-14-13-25(35-26)21-29-27(32)22-9-11-23(28)12-10-22/h5-7,10-11,13-18,29H,2-4,8-9,12,19-25H2,1H3,(H,34,37);5-7,9-16,28H,2-4,8,17-24H2,1H3,(H,33,36);9-14,24H,3-8,15-21H2,1-2H3,(H,29,32). The Hall–Kier alpha value is -5.91. The highest BCUT2D eigenvalue weighted by molar-refractivity contribution is 7.92. The molecule has 3 aliphatic rings. The van der Waals surface area contributed by atoms with E-state index in [1.165, 1.54) is 135 Å². The number of aryl methyl sites for hydroxylation is 1. The van der Waals surface area contributed by atoms with Gasteiger partial charge in [0.1, 0.15) is 12.6 Å². The van der Waals surface area contributed by atoms with Gasteiger partial charge < -0.3 is 25.8 Å². The van der Waals surface area contributed by atoms with Crippen molar-refractivity contribution in [3.05, 3.63) is 227 Å². The molecule has 11 rings (SSSR count). The molecule has 0 bridgehead atoms. The van der Waals surface area contributed by atoms with Gasteiger partial charge in [-0.15, -0.1) is 34.0 Å². The van der Waals surface area contributed by atoms with Gasteiger partial charge in [0, 0.05) is 110 Å². The molecule has 27 heteroatoms. The summed E-state index contributed by atoms with van der Waals surface area (Å²) in [7, 11) is -10.6. The van der Waals surface area contributed by atoms with Gasteiger partial charge in [-0.1, -0.05) is 187 Å². The molecule has 0 saturated carbocycles. The zero-order valence-corrected chi connectivity index (χ0v) is 75.9. The van der Waals surface area contributed by atoms with Crippen molar-refractivity contribution < 1.29 is 39.6 Å². The molecule has 0 aliphatic carbocycles. The normalized spacial score (nSPS) is 15.1. The third-order valence-corrected chi connectivity index (χ3v) is 33.2. The summed E-state index contributed by atoms with van der Waals surface area (Å²) >= 11 is 21.4. The summed E-state index contributed by atoms with van der Waals surface area (Å²) < 4.78 is 86.4. The van der Waals surface area contributed by atoms with Crippen LogP contribution in [-0.4, -0.2) is 167 Å². The second-order valence-electron chi connectivity index (χ2n) is 30.6. The van der Waals surface area contributed by atoms with E-state index < -0.39 is 30.1 Å². The lowest BCUT2D eigenvalue weighted by Gasteiger charge is -2.38. The van der Waals surface area contributed by atoms with Crippen LogP contribution in [0.5, 0.6) is 0 Å². The fourth-order valence-electron chi connectivity index (χ4n) is 15.2. The van der Waals surface area contributed by atoms with E-state index in [4.69, 9.17) is 34.8 Å². The Balaban J connectivity index is 0.000000201. The first-order valence-electron chi connectivity index (χ1n) is 42.3. The molecular weight excluding hydrogens is 1650 g/mol. The Morgan fingerprint density at radius 2 is 0.607 bits per heavy atom. The molecule has 0 unspecified atom stereocenters. The Bertz CT molecular complexity index is 4590. The van der Waals surface area contributed by atoms with Crippen LogP contribution in [0.2, 0.25) is 15.1 Å². The number of carbonyl (C=O) groups is 3. The number of thiophene rings is 3. The van der Waals surface area contributed by atoms with E-state index in [0.29, 0.717) is 102 Å². The molecule has 3 saturated heterocycles. The van der Waals surface area contributed by atoms with Crippen molar-refractivity contribution in [2.24, 2.45) is 0 Å². The molecule has 0 atom stereocenters. The van der Waals surface area contributed by atoms with Crippen LogP contribution < -0.4 is 16.0 Å². The third-order valence-electron chi connectivity index (χ3n) is 22.1. The number of carbonyl (C=O) groups excluding carboxylic acids is 3. The van der Waals surface area contributed by atoms with E-state index in [0.717, 1.165) is 112 Å². The first-order chi connectivity index (χ1) is 56.6. The smallest absolute Gasteiger partial charge is 0.252 e. The van der Waals surface area contributed by atoms with Gasteiger partial charge >= 0.3 is 0 Å². The van der Waals surface area contributed by atoms with Crippen LogP contribution in [0.3, 0.4) is 0 Å². The number of rotatable bonds is 43. The largest absolute Gasteiger partial charge is 0.347 e. The molecule has 3 fully saturated rings. The summed E-state index contributed by atoms with van der Waals surface area (Å²) in [6.07, 6.45) is 25.6. The Morgan fingerprint density at radius 3 is 0.906 bits per heavy atom. The Labute approximate surface area is 725 Å². The zero-order chi connectivity index (χ0) is 83.4. The minimum atomic E-state index is -3.56. The van der Waals surface area contributed by atoms with Crippen LogP contribution in [0, 0.1) is 0 Å². The van der Waals surface area contributed by atoms with Crippen molar-refractivity contribution in [1.29, 1.82) is 0 Å². The van der Waals surface area contributed by atoms with Crippen molar-refractivity contribution in [2.75, 3.05) is 78.5 Å².